The van der Waals surface area contributed by atoms with Gasteiger partial charge in [0.15, 0.2) is 0 Å². The van der Waals surface area contributed by atoms with Gasteiger partial charge in [-0.2, -0.15) is 0 Å². The summed E-state index contributed by atoms with van der Waals surface area (Å²) in [5.74, 6) is -0.359. The molecule has 0 bridgehead atoms. The summed E-state index contributed by atoms with van der Waals surface area (Å²) in [6, 6.07) is 7.87. The predicted octanol–water partition coefficient (Wildman–Crippen LogP) is 6.51. The summed E-state index contributed by atoms with van der Waals surface area (Å²) in [6.07, 6.45) is 4.19. The number of benzene rings is 1. The van der Waals surface area contributed by atoms with Crippen LogP contribution >= 0.6 is 23.5 Å². The lowest BCUT2D eigenvalue weighted by molar-refractivity contribution is 0.0596. The maximum absolute atomic E-state index is 11.7. The van der Waals surface area contributed by atoms with Crippen LogP contribution in [-0.4, -0.2) is 30.6 Å². The Hall–Kier alpha value is -2.25. The number of halogens is 1. The number of methoxy groups -OCH3 is 2. The van der Waals surface area contributed by atoms with Crippen LogP contribution in [0.5, 0.6) is 0 Å². The Morgan fingerprint density at radius 3 is 2.31 bits per heavy atom. The lowest BCUT2D eigenvalue weighted by Crippen LogP contribution is -2.05. The van der Waals surface area contributed by atoms with Gasteiger partial charge in [-0.1, -0.05) is 46.4 Å². The molecule has 2 rings (SSSR count). The minimum atomic E-state index is -0.773. The zero-order valence-electron chi connectivity index (χ0n) is 17.0. The molecule has 29 heavy (non-hydrogen) atoms. The monoisotopic (exact) mass is 442 g/mol. The summed E-state index contributed by atoms with van der Waals surface area (Å²) >= 11 is 5.98. The third-order valence-electron chi connectivity index (χ3n) is 3.35. The van der Waals surface area contributed by atoms with Crippen molar-refractivity contribution in [2.24, 2.45) is 0 Å². The molecule has 0 aliphatic rings. The number of aryl methyl sites for hydroxylation is 2. The minimum Gasteiger partial charge on any atom is -0.465 e. The highest BCUT2D eigenvalue weighted by molar-refractivity contribution is 8.00. The van der Waals surface area contributed by atoms with Crippen molar-refractivity contribution >= 4 is 40.6 Å². The predicted molar refractivity (Wildman–Crippen MR) is 122 cm³/mol. The van der Waals surface area contributed by atoms with Gasteiger partial charge in [0.2, 0.25) is 0 Å². The lowest BCUT2D eigenvalue weighted by Gasteiger charge is -2.14. The maximum Gasteiger partial charge on any atom is 0.403 e. The molecule has 0 amide bonds. The van der Waals surface area contributed by atoms with Crippen molar-refractivity contribution in [1.82, 2.24) is 4.98 Å². The summed E-state index contributed by atoms with van der Waals surface area (Å²) in [4.78, 5) is 25.9. The van der Waals surface area contributed by atoms with Gasteiger partial charge in [0.25, 0.3) is 0 Å². The van der Waals surface area contributed by atoms with Gasteiger partial charge < -0.3 is 14.2 Å². The average Bonchev–Trinajstić information content (AvgIpc) is 2.74. The fourth-order valence-corrected chi connectivity index (χ4v) is 2.89. The van der Waals surface area contributed by atoms with Gasteiger partial charge in [-0.15, -0.1) is 0 Å². The highest BCUT2D eigenvalue weighted by Crippen LogP contribution is 2.29. The number of hydrogen-bond acceptors (Lipinski definition) is 7. The van der Waals surface area contributed by atoms with Crippen LogP contribution in [0.1, 0.15) is 49.7 Å². The Morgan fingerprint density at radius 1 is 1.17 bits per heavy atom. The third kappa shape index (κ3) is 10.2. The molecule has 0 aliphatic carbocycles. The van der Waals surface area contributed by atoms with E-state index in [0.29, 0.717) is 5.56 Å². The van der Waals surface area contributed by atoms with E-state index in [1.165, 1.54) is 37.3 Å². The van der Waals surface area contributed by atoms with Gasteiger partial charge >= 0.3 is 11.4 Å². The molecule has 0 spiro atoms. The second kappa shape index (κ2) is 16.7. The number of para-hydroxylation sites is 1. The van der Waals surface area contributed by atoms with Crippen molar-refractivity contribution < 1.29 is 19.1 Å². The fourth-order valence-electron chi connectivity index (χ4n) is 2.02. The number of esters is 1. The molecule has 162 valence electrons. The molecule has 1 aromatic carbocycles. The second-order valence-electron chi connectivity index (χ2n) is 4.97. The van der Waals surface area contributed by atoms with Crippen LogP contribution in [0.4, 0.5) is 10.5 Å². The molecular weight excluding hydrogens is 412 g/mol. The maximum atomic E-state index is 11.7. The van der Waals surface area contributed by atoms with E-state index < -0.39 is 5.43 Å². The Labute approximate surface area is 183 Å². The standard InChI is InChI=1S/C16H18N2O2S.C2H3ClO2.C2H6.CH4/c1-4-12-7-5-6-11(2)15(12)18-21-14-10-17-9-8-13(14)16(19)20-3;1-5-2(3)4;1-2;/h5-10,18H,4H2,1-3H3;1H3;1-2H3;1H4. The number of pyridine rings is 1. The molecule has 0 radical (unpaired) electrons. The topological polar surface area (TPSA) is 77.5 Å². The first-order valence-corrected chi connectivity index (χ1v) is 9.91. The molecule has 0 unspecified atom stereocenters. The molecule has 0 atom stereocenters. The average molecular weight is 443 g/mol. The molecule has 0 saturated heterocycles. The largest absolute Gasteiger partial charge is 0.465 e. The number of aromatic nitrogens is 1. The van der Waals surface area contributed by atoms with Gasteiger partial charge in [0, 0.05) is 24.0 Å². The van der Waals surface area contributed by atoms with E-state index in [4.69, 9.17) is 4.74 Å². The van der Waals surface area contributed by atoms with Crippen LogP contribution in [-0.2, 0) is 15.9 Å². The summed E-state index contributed by atoms with van der Waals surface area (Å²) in [5, 5.41) is 0. The van der Waals surface area contributed by atoms with Crippen LogP contribution in [0.15, 0.2) is 41.6 Å². The lowest BCUT2D eigenvalue weighted by atomic mass is 10.1. The van der Waals surface area contributed by atoms with Crippen LogP contribution < -0.4 is 4.72 Å². The molecule has 2 aromatic rings. The minimum absolute atomic E-state index is 0. The van der Waals surface area contributed by atoms with Crippen molar-refractivity contribution in [2.45, 2.75) is 46.4 Å². The zero-order valence-corrected chi connectivity index (χ0v) is 18.6. The van der Waals surface area contributed by atoms with Crippen molar-refractivity contribution in [2.75, 3.05) is 18.9 Å². The first-order valence-electron chi connectivity index (χ1n) is 8.71. The van der Waals surface area contributed by atoms with E-state index in [9.17, 15) is 9.59 Å². The van der Waals surface area contributed by atoms with Crippen molar-refractivity contribution in [3.63, 3.8) is 0 Å². The number of hydrogen-bond donors (Lipinski definition) is 1. The van der Waals surface area contributed by atoms with Gasteiger partial charge in [0.1, 0.15) is 0 Å². The van der Waals surface area contributed by atoms with E-state index in [0.717, 1.165) is 17.0 Å². The summed E-state index contributed by atoms with van der Waals surface area (Å²) in [7, 11) is 2.59. The van der Waals surface area contributed by atoms with E-state index in [-0.39, 0.29) is 13.4 Å². The normalized spacial score (nSPS) is 8.79. The molecule has 1 aromatic heterocycles. The summed E-state index contributed by atoms with van der Waals surface area (Å²) in [5.41, 5.74) is 3.24. The van der Waals surface area contributed by atoms with Crippen molar-refractivity contribution in [3.8, 4) is 0 Å². The van der Waals surface area contributed by atoms with Crippen LogP contribution in [0.25, 0.3) is 0 Å². The molecule has 6 nitrogen and oxygen atoms in total. The van der Waals surface area contributed by atoms with Gasteiger partial charge in [-0.25, -0.2) is 9.59 Å². The molecule has 1 N–H and O–H groups in total. The van der Waals surface area contributed by atoms with E-state index >= 15 is 0 Å². The fraction of sp³-hybridized carbons (Fsp3) is 0.381. The Morgan fingerprint density at radius 2 is 1.79 bits per heavy atom. The summed E-state index contributed by atoms with van der Waals surface area (Å²) < 4.78 is 12.0. The second-order valence-corrected chi connectivity index (χ2v) is 6.13. The first-order chi connectivity index (χ1) is 13.4. The third-order valence-corrected chi connectivity index (χ3v) is 4.36. The number of rotatable bonds is 5. The molecule has 8 heteroatoms. The number of nitrogens with one attached hydrogen (secondary N) is 1. The van der Waals surface area contributed by atoms with Crippen LogP contribution in [0.2, 0.25) is 0 Å². The van der Waals surface area contributed by atoms with Gasteiger partial charge in [-0.05, 0) is 42.5 Å². The van der Waals surface area contributed by atoms with Crippen molar-refractivity contribution in [3.05, 3.63) is 53.3 Å². The number of nitrogens with zero attached hydrogens (tertiary/aromatic N) is 1. The zero-order chi connectivity index (χ0) is 21.5. The highest BCUT2D eigenvalue weighted by atomic mass is 35.5. The van der Waals surface area contributed by atoms with Gasteiger partial charge in [0.05, 0.1) is 30.4 Å². The SMILES string of the molecule is C.CC.CCc1cccc(C)c1NSc1cnccc1C(=O)OC.COC(=O)Cl. The molecule has 0 saturated carbocycles. The molecule has 0 aliphatic heterocycles. The van der Waals surface area contributed by atoms with Crippen molar-refractivity contribution in [1.29, 1.82) is 0 Å². The smallest absolute Gasteiger partial charge is 0.403 e. The van der Waals surface area contributed by atoms with E-state index in [1.807, 2.05) is 19.9 Å². The molecular formula is C21H31ClN2O4S. The number of carbonyl (C=O) groups is 2. The Balaban J connectivity index is 0. The van der Waals surface area contributed by atoms with Crippen LogP contribution in [0.3, 0.4) is 0 Å². The van der Waals surface area contributed by atoms with Crippen LogP contribution in [0, 0.1) is 6.92 Å². The first kappa shape index (κ1) is 29.0. The number of ether oxygens (including phenoxy) is 2. The Kier molecular flexibility index (Phi) is 16.7. The molecule has 1 heterocycles. The quantitative estimate of drug-likeness (QED) is 0.321. The van der Waals surface area contributed by atoms with Gasteiger partial charge in [-0.3, -0.25) is 4.98 Å². The van der Waals surface area contributed by atoms with E-state index in [1.54, 1.807) is 18.5 Å². The van der Waals surface area contributed by atoms with E-state index in [2.05, 4.69) is 52.0 Å². The highest BCUT2D eigenvalue weighted by Gasteiger charge is 2.13. The number of anilines is 1. The summed E-state index contributed by atoms with van der Waals surface area (Å²) in [6.45, 7) is 8.18. The molecule has 0 fully saturated rings. The number of carbonyl (C=O) groups excluding carboxylic acids is 2. The Bertz CT molecular complexity index is 757.